The lowest BCUT2D eigenvalue weighted by Crippen LogP contribution is -2.32. The van der Waals surface area contributed by atoms with Crippen LogP contribution in [0.5, 0.6) is 0 Å². The highest BCUT2D eigenvalue weighted by Gasteiger charge is 2.24. The molecular weight excluding hydrogens is 358 g/mol. The van der Waals surface area contributed by atoms with Gasteiger partial charge in [-0.15, -0.1) is 11.3 Å². The predicted octanol–water partition coefficient (Wildman–Crippen LogP) is 4.42. The molecule has 0 aromatic carbocycles. The van der Waals surface area contributed by atoms with Gasteiger partial charge in [0.1, 0.15) is 0 Å². The normalized spacial score (nSPS) is 19.9. The molecular formula is C14H14BrNO2S2. The lowest BCUT2D eigenvalue weighted by atomic mass is 10.2. The average molecular weight is 372 g/mol. The van der Waals surface area contributed by atoms with Gasteiger partial charge in [0, 0.05) is 29.0 Å². The zero-order chi connectivity index (χ0) is 13.9. The largest absolute Gasteiger partial charge is 0.444 e. The van der Waals surface area contributed by atoms with Crippen molar-refractivity contribution in [3.8, 4) is 0 Å². The first-order valence-corrected chi connectivity index (χ1v) is 9.16. The number of nitrogens with zero attached hydrogens (tertiary/aromatic N) is 1. The van der Waals surface area contributed by atoms with Crippen molar-refractivity contribution in [3.05, 3.63) is 45.0 Å². The topological polar surface area (TPSA) is 33.5 Å². The van der Waals surface area contributed by atoms with Gasteiger partial charge in [-0.25, -0.2) is 0 Å². The van der Waals surface area contributed by atoms with Gasteiger partial charge in [-0.1, -0.05) is 6.07 Å². The maximum absolute atomic E-state index is 12.4. The molecule has 2 aromatic rings. The van der Waals surface area contributed by atoms with Gasteiger partial charge in [0.15, 0.2) is 10.4 Å². The van der Waals surface area contributed by atoms with Crippen LogP contribution in [0, 0.1) is 0 Å². The first kappa shape index (κ1) is 14.2. The van der Waals surface area contributed by atoms with E-state index in [1.54, 1.807) is 23.5 Å². The Labute approximate surface area is 134 Å². The fourth-order valence-electron chi connectivity index (χ4n) is 2.26. The third kappa shape index (κ3) is 3.13. The molecule has 20 heavy (non-hydrogen) atoms. The van der Waals surface area contributed by atoms with E-state index < -0.39 is 0 Å². The Kier molecular flexibility index (Phi) is 4.53. The molecule has 0 saturated carbocycles. The second kappa shape index (κ2) is 6.37. The minimum atomic E-state index is -0.0110. The summed E-state index contributed by atoms with van der Waals surface area (Å²) in [4.78, 5) is 15.7. The molecule has 1 unspecified atom stereocenters. The Balaban J connectivity index is 1.66. The Morgan fingerprint density at radius 1 is 1.35 bits per heavy atom. The van der Waals surface area contributed by atoms with Gasteiger partial charge in [0.2, 0.25) is 0 Å². The predicted molar refractivity (Wildman–Crippen MR) is 86.4 cm³/mol. The van der Waals surface area contributed by atoms with Crippen LogP contribution < -0.4 is 0 Å². The molecule has 1 saturated heterocycles. The van der Waals surface area contributed by atoms with Crippen LogP contribution in [0.3, 0.4) is 0 Å². The Morgan fingerprint density at radius 2 is 2.25 bits per heavy atom. The number of furan rings is 1. The smallest absolute Gasteiger partial charge is 0.289 e. The summed E-state index contributed by atoms with van der Waals surface area (Å²) in [5.74, 6) is 1.37. The first-order valence-electron chi connectivity index (χ1n) is 6.43. The summed E-state index contributed by atoms with van der Waals surface area (Å²) >= 11 is 6.97. The van der Waals surface area contributed by atoms with Crippen LogP contribution in [-0.2, 0) is 0 Å². The molecule has 106 valence electrons. The monoisotopic (exact) mass is 371 g/mol. The fourth-order valence-corrected chi connectivity index (χ4v) is 4.80. The molecule has 0 spiro atoms. The van der Waals surface area contributed by atoms with Gasteiger partial charge >= 0.3 is 0 Å². The zero-order valence-electron chi connectivity index (χ0n) is 10.8. The molecule has 3 heterocycles. The number of amides is 1. The summed E-state index contributed by atoms with van der Waals surface area (Å²) in [5.41, 5.74) is 0. The highest BCUT2D eigenvalue weighted by atomic mass is 79.9. The molecule has 0 bridgehead atoms. The number of halogens is 1. The quantitative estimate of drug-likeness (QED) is 0.782. The Hall–Kier alpha value is -0.720. The van der Waals surface area contributed by atoms with Gasteiger partial charge in [-0.2, -0.15) is 11.8 Å². The van der Waals surface area contributed by atoms with E-state index >= 15 is 0 Å². The van der Waals surface area contributed by atoms with Crippen LogP contribution in [0.25, 0.3) is 0 Å². The molecule has 2 aromatic heterocycles. The summed E-state index contributed by atoms with van der Waals surface area (Å²) in [6.07, 6.45) is 0.999. The molecule has 0 N–H and O–H groups in total. The molecule has 1 amide bonds. The van der Waals surface area contributed by atoms with E-state index in [0.29, 0.717) is 15.7 Å². The molecule has 1 fully saturated rings. The van der Waals surface area contributed by atoms with E-state index in [-0.39, 0.29) is 5.91 Å². The van der Waals surface area contributed by atoms with Gasteiger partial charge < -0.3 is 9.32 Å². The highest BCUT2D eigenvalue weighted by molar-refractivity contribution is 9.10. The van der Waals surface area contributed by atoms with E-state index in [0.717, 1.165) is 25.3 Å². The van der Waals surface area contributed by atoms with Crippen LogP contribution in [0.2, 0.25) is 0 Å². The number of carbonyl (C=O) groups excluding carboxylic acids is 1. The number of carbonyl (C=O) groups is 1. The van der Waals surface area contributed by atoms with Crippen molar-refractivity contribution in [1.82, 2.24) is 4.90 Å². The third-order valence-corrected chi connectivity index (χ3v) is 6.14. The number of thioether (sulfide) groups is 1. The second-order valence-corrected chi connectivity index (χ2v) is 7.63. The lowest BCUT2D eigenvalue weighted by Gasteiger charge is -2.18. The lowest BCUT2D eigenvalue weighted by molar-refractivity contribution is 0.0733. The number of thiophene rings is 1. The van der Waals surface area contributed by atoms with Gasteiger partial charge in [0.05, 0.1) is 0 Å². The first-order chi connectivity index (χ1) is 9.74. The van der Waals surface area contributed by atoms with E-state index in [1.165, 1.54) is 4.88 Å². The Morgan fingerprint density at radius 3 is 2.95 bits per heavy atom. The fraction of sp³-hybridized carbons (Fsp3) is 0.357. The molecule has 0 radical (unpaired) electrons. The number of rotatable bonds is 2. The van der Waals surface area contributed by atoms with Crippen molar-refractivity contribution in [3.63, 3.8) is 0 Å². The maximum atomic E-state index is 12.4. The standard InChI is InChI=1S/C14H14BrNO2S2/c15-13-4-3-10(18-13)14(17)16-6-5-12(20-9-7-16)11-2-1-8-19-11/h1-4,8,12H,5-7,9H2. The average Bonchev–Trinajstić information content (AvgIpc) is 3.05. The third-order valence-electron chi connectivity index (χ3n) is 3.27. The van der Waals surface area contributed by atoms with Crippen LogP contribution >= 0.6 is 39.0 Å². The van der Waals surface area contributed by atoms with E-state index in [9.17, 15) is 4.79 Å². The van der Waals surface area contributed by atoms with Gasteiger partial charge in [-0.05, 0) is 45.9 Å². The van der Waals surface area contributed by atoms with Crippen LogP contribution in [0.1, 0.15) is 27.1 Å². The van der Waals surface area contributed by atoms with Crippen LogP contribution in [0.15, 0.2) is 38.7 Å². The molecule has 1 aliphatic heterocycles. The van der Waals surface area contributed by atoms with Crippen molar-refractivity contribution >= 4 is 44.9 Å². The molecule has 3 rings (SSSR count). The summed E-state index contributed by atoms with van der Waals surface area (Å²) < 4.78 is 5.96. The molecule has 0 aliphatic carbocycles. The second-order valence-electron chi connectivity index (χ2n) is 4.56. The Bertz CT molecular complexity index is 582. The zero-order valence-corrected chi connectivity index (χ0v) is 14.0. The molecule has 3 nitrogen and oxygen atoms in total. The number of hydrogen-bond acceptors (Lipinski definition) is 4. The summed E-state index contributed by atoms with van der Waals surface area (Å²) in [5, 5.41) is 2.63. The van der Waals surface area contributed by atoms with Crippen LogP contribution in [-0.4, -0.2) is 29.6 Å². The van der Waals surface area contributed by atoms with Gasteiger partial charge in [0.25, 0.3) is 5.91 Å². The van der Waals surface area contributed by atoms with Crippen molar-refractivity contribution < 1.29 is 9.21 Å². The molecule has 1 atom stereocenters. The van der Waals surface area contributed by atoms with Crippen molar-refractivity contribution in [2.75, 3.05) is 18.8 Å². The molecule has 6 heteroatoms. The van der Waals surface area contributed by atoms with Crippen molar-refractivity contribution in [2.45, 2.75) is 11.7 Å². The maximum Gasteiger partial charge on any atom is 0.289 e. The van der Waals surface area contributed by atoms with E-state index in [4.69, 9.17) is 4.42 Å². The molecule has 1 aliphatic rings. The van der Waals surface area contributed by atoms with Crippen LogP contribution in [0.4, 0.5) is 0 Å². The van der Waals surface area contributed by atoms with Crippen molar-refractivity contribution in [1.29, 1.82) is 0 Å². The number of hydrogen-bond donors (Lipinski definition) is 0. The van der Waals surface area contributed by atoms with Gasteiger partial charge in [-0.3, -0.25) is 4.79 Å². The summed E-state index contributed by atoms with van der Waals surface area (Å²) in [7, 11) is 0. The highest BCUT2D eigenvalue weighted by Crippen LogP contribution is 2.36. The van der Waals surface area contributed by atoms with E-state index in [1.807, 2.05) is 16.7 Å². The van der Waals surface area contributed by atoms with Crippen molar-refractivity contribution in [2.24, 2.45) is 0 Å². The SMILES string of the molecule is O=C(c1ccc(Br)o1)N1CCSC(c2cccs2)CC1. The minimum absolute atomic E-state index is 0.0110. The summed E-state index contributed by atoms with van der Waals surface area (Å²) in [6.45, 7) is 1.57. The minimum Gasteiger partial charge on any atom is -0.444 e. The summed E-state index contributed by atoms with van der Waals surface area (Å²) in [6, 6.07) is 7.76. The van der Waals surface area contributed by atoms with E-state index in [2.05, 4.69) is 33.4 Å².